The Morgan fingerprint density at radius 1 is 1.12 bits per heavy atom. The largest absolute Gasteiger partial charge is 0.472 e. The van der Waals surface area contributed by atoms with Gasteiger partial charge in [0.2, 0.25) is 5.88 Å². The Kier molecular flexibility index (Phi) is 5.26. The summed E-state index contributed by atoms with van der Waals surface area (Å²) in [5.74, 6) is 0.0237. The predicted octanol–water partition coefficient (Wildman–Crippen LogP) is 4.27. The first kappa shape index (κ1) is 16.9. The number of ether oxygens (including phenoxy) is 1. The molecule has 0 unspecified atom stereocenters. The number of carbonyl (C=O) groups is 1. The van der Waals surface area contributed by atoms with Crippen molar-refractivity contribution < 1.29 is 9.53 Å². The number of hydrogen-bond donors (Lipinski definition) is 1. The maximum atomic E-state index is 12.3. The molecule has 0 aliphatic rings. The van der Waals surface area contributed by atoms with Crippen molar-refractivity contribution >= 4 is 23.2 Å². The van der Waals surface area contributed by atoms with Gasteiger partial charge in [0, 0.05) is 10.7 Å². The van der Waals surface area contributed by atoms with Gasteiger partial charge in [0.1, 0.15) is 12.3 Å². The number of aryl methyl sites for hydroxylation is 1. The number of rotatable bonds is 5. The lowest BCUT2D eigenvalue weighted by Crippen LogP contribution is -2.15. The minimum absolute atomic E-state index is 0.210. The van der Waals surface area contributed by atoms with E-state index in [1.165, 1.54) is 12.4 Å². The van der Waals surface area contributed by atoms with Crippen molar-refractivity contribution in [2.75, 3.05) is 5.32 Å². The van der Waals surface area contributed by atoms with Gasteiger partial charge in [-0.3, -0.25) is 4.79 Å². The molecule has 0 saturated heterocycles. The van der Waals surface area contributed by atoms with Crippen molar-refractivity contribution in [1.29, 1.82) is 0 Å². The van der Waals surface area contributed by atoms with Crippen LogP contribution in [0.5, 0.6) is 5.88 Å². The second kappa shape index (κ2) is 7.77. The molecule has 1 heterocycles. The van der Waals surface area contributed by atoms with Crippen LogP contribution in [0, 0.1) is 6.92 Å². The fourth-order valence-corrected chi connectivity index (χ4v) is 2.42. The molecular formula is C19H16ClN3O2. The van der Waals surface area contributed by atoms with Gasteiger partial charge in [0.05, 0.1) is 12.4 Å². The summed E-state index contributed by atoms with van der Waals surface area (Å²) < 4.78 is 5.56. The molecule has 1 amide bonds. The molecule has 3 rings (SSSR count). The van der Waals surface area contributed by atoms with Crippen LogP contribution in [0.4, 0.5) is 5.69 Å². The fraction of sp³-hybridized carbons (Fsp3) is 0.105. The molecule has 0 spiro atoms. The van der Waals surface area contributed by atoms with Crippen LogP contribution >= 0.6 is 11.6 Å². The quantitative estimate of drug-likeness (QED) is 0.744. The number of hydrogen-bond acceptors (Lipinski definition) is 4. The zero-order valence-electron chi connectivity index (χ0n) is 13.6. The summed E-state index contributed by atoms with van der Waals surface area (Å²) in [7, 11) is 0. The maximum Gasteiger partial charge on any atom is 0.275 e. The molecule has 0 atom stereocenters. The van der Waals surface area contributed by atoms with E-state index in [2.05, 4.69) is 15.3 Å². The average molecular weight is 354 g/mol. The molecule has 25 heavy (non-hydrogen) atoms. The molecule has 0 aliphatic carbocycles. The SMILES string of the molecule is Cc1cc(Cl)ccc1NC(=O)c1cnc(OCc2ccccc2)cn1. The van der Waals surface area contributed by atoms with Crippen LogP contribution in [0.25, 0.3) is 0 Å². The van der Waals surface area contributed by atoms with Gasteiger partial charge in [-0.1, -0.05) is 41.9 Å². The third-order valence-electron chi connectivity index (χ3n) is 3.53. The summed E-state index contributed by atoms with van der Waals surface area (Å²) in [6, 6.07) is 15.0. The van der Waals surface area contributed by atoms with Gasteiger partial charge in [0.15, 0.2) is 0 Å². The molecule has 0 radical (unpaired) electrons. The van der Waals surface area contributed by atoms with Crippen LogP contribution in [0.15, 0.2) is 60.9 Å². The van der Waals surface area contributed by atoms with Crippen LogP contribution in [-0.4, -0.2) is 15.9 Å². The van der Waals surface area contributed by atoms with E-state index in [9.17, 15) is 4.79 Å². The molecule has 5 nitrogen and oxygen atoms in total. The number of aromatic nitrogens is 2. The number of nitrogens with zero attached hydrogens (tertiary/aromatic N) is 2. The van der Waals surface area contributed by atoms with E-state index in [0.717, 1.165) is 11.1 Å². The molecule has 3 aromatic rings. The van der Waals surface area contributed by atoms with E-state index in [1.54, 1.807) is 18.2 Å². The van der Waals surface area contributed by atoms with E-state index >= 15 is 0 Å². The summed E-state index contributed by atoms with van der Waals surface area (Å²) in [6.07, 6.45) is 2.83. The second-order valence-corrected chi connectivity index (χ2v) is 5.86. The number of benzene rings is 2. The Balaban J connectivity index is 1.62. The molecular weight excluding hydrogens is 338 g/mol. The number of halogens is 1. The van der Waals surface area contributed by atoms with Gasteiger partial charge in [-0.2, -0.15) is 0 Å². The Bertz CT molecular complexity index is 868. The molecule has 0 saturated carbocycles. The highest BCUT2D eigenvalue weighted by molar-refractivity contribution is 6.30. The van der Waals surface area contributed by atoms with Gasteiger partial charge < -0.3 is 10.1 Å². The monoisotopic (exact) mass is 353 g/mol. The lowest BCUT2D eigenvalue weighted by molar-refractivity contribution is 0.102. The summed E-state index contributed by atoms with van der Waals surface area (Å²) in [4.78, 5) is 20.5. The van der Waals surface area contributed by atoms with E-state index in [-0.39, 0.29) is 11.6 Å². The number of amides is 1. The van der Waals surface area contributed by atoms with Crippen molar-refractivity contribution in [2.24, 2.45) is 0 Å². The van der Waals surface area contributed by atoms with E-state index < -0.39 is 0 Å². The van der Waals surface area contributed by atoms with E-state index in [1.807, 2.05) is 37.3 Å². The van der Waals surface area contributed by atoms with Crippen LogP contribution in [0.1, 0.15) is 21.6 Å². The molecule has 0 bridgehead atoms. The summed E-state index contributed by atoms with van der Waals surface area (Å²) in [5.41, 5.74) is 2.79. The molecule has 1 N–H and O–H groups in total. The first-order valence-electron chi connectivity index (χ1n) is 7.68. The highest BCUT2D eigenvalue weighted by Crippen LogP contribution is 2.20. The fourth-order valence-electron chi connectivity index (χ4n) is 2.19. The van der Waals surface area contributed by atoms with Gasteiger partial charge in [-0.15, -0.1) is 0 Å². The maximum absolute atomic E-state index is 12.3. The van der Waals surface area contributed by atoms with Crippen LogP contribution in [0.2, 0.25) is 5.02 Å². The Morgan fingerprint density at radius 3 is 2.60 bits per heavy atom. The molecule has 6 heteroatoms. The first-order valence-corrected chi connectivity index (χ1v) is 8.06. The zero-order valence-corrected chi connectivity index (χ0v) is 14.3. The topological polar surface area (TPSA) is 64.1 Å². The first-order chi connectivity index (χ1) is 12.1. The van der Waals surface area contributed by atoms with Gasteiger partial charge in [-0.05, 0) is 36.2 Å². The third-order valence-corrected chi connectivity index (χ3v) is 3.76. The van der Waals surface area contributed by atoms with Crippen molar-refractivity contribution in [2.45, 2.75) is 13.5 Å². The molecule has 0 fully saturated rings. The van der Waals surface area contributed by atoms with Crippen molar-refractivity contribution in [3.8, 4) is 5.88 Å². The predicted molar refractivity (Wildman–Crippen MR) is 96.9 cm³/mol. The summed E-state index contributed by atoms with van der Waals surface area (Å²) >= 11 is 5.91. The number of carbonyl (C=O) groups excluding carboxylic acids is 1. The van der Waals surface area contributed by atoms with Crippen LogP contribution in [0.3, 0.4) is 0 Å². The highest BCUT2D eigenvalue weighted by Gasteiger charge is 2.10. The Morgan fingerprint density at radius 2 is 1.92 bits per heavy atom. The van der Waals surface area contributed by atoms with Gasteiger partial charge >= 0.3 is 0 Å². The minimum atomic E-state index is -0.340. The Hall–Kier alpha value is -2.92. The van der Waals surface area contributed by atoms with E-state index in [0.29, 0.717) is 23.2 Å². The summed E-state index contributed by atoms with van der Waals surface area (Å²) in [5, 5.41) is 3.41. The minimum Gasteiger partial charge on any atom is -0.472 e. The standard InChI is InChI=1S/C19H16ClN3O2/c1-13-9-15(20)7-8-16(13)23-19(24)17-10-22-18(11-21-17)25-12-14-5-3-2-4-6-14/h2-11H,12H2,1H3,(H,23,24). The molecule has 126 valence electrons. The van der Waals surface area contributed by atoms with Crippen molar-refractivity contribution in [3.63, 3.8) is 0 Å². The summed E-state index contributed by atoms with van der Waals surface area (Å²) in [6.45, 7) is 2.26. The van der Waals surface area contributed by atoms with Gasteiger partial charge in [-0.25, -0.2) is 9.97 Å². The lowest BCUT2D eigenvalue weighted by atomic mass is 10.2. The average Bonchev–Trinajstić information content (AvgIpc) is 2.63. The van der Waals surface area contributed by atoms with E-state index in [4.69, 9.17) is 16.3 Å². The van der Waals surface area contributed by atoms with Crippen LogP contribution < -0.4 is 10.1 Å². The second-order valence-electron chi connectivity index (χ2n) is 5.43. The smallest absolute Gasteiger partial charge is 0.275 e. The van der Waals surface area contributed by atoms with Crippen molar-refractivity contribution in [1.82, 2.24) is 9.97 Å². The highest BCUT2D eigenvalue weighted by atomic mass is 35.5. The van der Waals surface area contributed by atoms with Crippen molar-refractivity contribution in [3.05, 3.63) is 82.8 Å². The molecule has 1 aromatic heterocycles. The molecule has 0 aliphatic heterocycles. The normalized spacial score (nSPS) is 10.3. The van der Waals surface area contributed by atoms with Gasteiger partial charge in [0.25, 0.3) is 5.91 Å². The lowest BCUT2D eigenvalue weighted by Gasteiger charge is -2.09. The third kappa shape index (κ3) is 4.55. The van der Waals surface area contributed by atoms with Crippen LogP contribution in [-0.2, 0) is 6.61 Å². The zero-order chi connectivity index (χ0) is 17.6. The molecule has 2 aromatic carbocycles. The Labute approximate surface area is 150 Å². The number of anilines is 1. The number of nitrogens with one attached hydrogen (secondary N) is 1.